The van der Waals surface area contributed by atoms with Crippen molar-refractivity contribution >= 4 is 5.91 Å². The molecule has 0 aromatic carbocycles. The van der Waals surface area contributed by atoms with Crippen molar-refractivity contribution in [1.29, 1.82) is 0 Å². The lowest BCUT2D eigenvalue weighted by molar-refractivity contribution is 0.0779. The minimum Gasteiger partial charge on any atom is -0.334 e. The molecule has 0 aliphatic carbocycles. The Morgan fingerprint density at radius 3 is 3.12 bits per heavy atom. The summed E-state index contributed by atoms with van der Waals surface area (Å²) in [5, 5.41) is 6.72. The molecule has 2 rings (SSSR count). The molecule has 16 heavy (non-hydrogen) atoms. The molecule has 0 bridgehead atoms. The van der Waals surface area contributed by atoms with Gasteiger partial charge in [-0.3, -0.25) is 9.89 Å². The lowest BCUT2D eigenvalue weighted by Gasteiger charge is -2.12. The molecule has 1 aromatic rings. The maximum atomic E-state index is 11.9. The van der Waals surface area contributed by atoms with Crippen molar-refractivity contribution in [3.8, 4) is 0 Å². The lowest BCUT2D eigenvalue weighted by atomic mass is 10.3. The molecule has 0 spiro atoms. The van der Waals surface area contributed by atoms with Crippen LogP contribution < -0.4 is 5.73 Å². The zero-order valence-corrected chi connectivity index (χ0v) is 9.44. The van der Waals surface area contributed by atoms with Crippen molar-refractivity contribution in [3.05, 3.63) is 11.6 Å². The van der Waals surface area contributed by atoms with Crippen LogP contribution in [0.3, 0.4) is 0 Å². The highest BCUT2D eigenvalue weighted by Crippen LogP contribution is 2.10. The number of amides is 1. The molecule has 2 heterocycles. The first-order valence-corrected chi connectivity index (χ1v) is 5.67. The third-order valence-electron chi connectivity index (χ3n) is 2.72. The summed E-state index contributed by atoms with van der Waals surface area (Å²) >= 11 is 0. The molecule has 0 unspecified atom stereocenters. The summed E-state index contributed by atoms with van der Waals surface area (Å²) < 4.78 is 0. The minimum atomic E-state index is -0.119. The van der Waals surface area contributed by atoms with Gasteiger partial charge in [0.05, 0.1) is 0 Å². The Morgan fingerprint density at radius 1 is 1.69 bits per heavy atom. The van der Waals surface area contributed by atoms with Crippen molar-refractivity contribution in [1.82, 2.24) is 20.1 Å². The minimum absolute atomic E-state index is 0.0954. The molecule has 1 aliphatic heterocycles. The summed E-state index contributed by atoms with van der Waals surface area (Å²) in [5.41, 5.74) is 5.75. The smallest absolute Gasteiger partial charge is 0.293 e. The fourth-order valence-electron chi connectivity index (χ4n) is 1.85. The zero-order valence-electron chi connectivity index (χ0n) is 9.44. The number of nitrogens with one attached hydrogen (secondary N) is 1. The van der Waals surface area contributed by atoms with E-state index in [-0.39, 0.29) is 17.8 Å². The van der Waals surface area contributed by atoms with E-state index >= 15 is 0 Å². The predicted molar refractivity (Wildman–Crippen MR) is 58.9 cm³/mol. The Bertz CT molecular complexity index is 375. The number of carbonyl (C=O) groups excluding carboxylic acids is 1. The van der Waals surface area contributed by atoms with Gasteiger partial charge in [-0.05, 0) is 12.8 Å². The van der Waals surface area contributed by atoms with E-state index in [0.717, 1.165) is 25.1 Å². The van der Waals surface area contributed by atoms with Crippen LogP contribution in [-0.2, 0) is 6.42 Å². The molecular formula is C10H17N5O. The van der Waals surface area contributed by atoms with Crippen molar-refractivity contribution in [2.24, 2.45) is 5.73 Å². The normalized spacial score (nSPS) is 20.4. The van der Waals surface area contributed by atoms with E-state index in [4.69, 9.17) is 5.73 Å². The largest absolute Gasteiger partial charge is 0.334 e. The average molecular weight is 223 g/mol. The number of likely N-dealkylation sites (tertiary alicyclic amines) is 1. The summed E-state index contributed by atoms with van der Waals surface area (Å²) in [6.07, 6.45) is 2.66. The first-order valence-electron chi connectivity index (χ1n) is 5.67. The predicted octanol–water partition coefficient (Wildman–Crippen LogP) is -0.0696. The molecule has 88 valence electrons. The number of carbonyl (C=O) groups is 1. The molecule has 6 nitrogen and oxygen atoms in total. The van der Waals surface area contributed by atoms with Crippen molar-refractivity contribution < 1.29 is 4.79 Å². The van der Waals surface area contributed by atoms with Crippen molar-refractivity contribution in [2.45, 2.75) is 32.2 Å². The van der Waals surface area contributed by atoms with Crippen LogP contribution in [0.2, 0.25) is 0 Å². The molecule has 0 radical (unpaired) electrons. The highest BCUT2D eigenvalue weighted by Gasteiger charge is 2.26. The molecule has 1 atom stereocenters. The van der Waals surface area contributed by atoms with E-state index < -0.39 is 0 Å². The SMILES string of the molecule is CCCc1nc(C(=O)N2CC[C@@H](N)C2)n[nH]1. The van der Waals surface area contributed by atoms with Crippen LogP contribution in [0, 0.1) is 0 Å². The van der Waals surface area contributed by atoms with Crippen molar-refractivity contribution in [3.63, 3.8) is 0 Å². The van der Waals surface area contributed by atoms with Crippen LogP contribution in [0.25, 0.3) is 0 Å². The van der Waals surface area contributed by atoms with Crippen LogP contribution in [0.5, 0.6) is 0 Å². The Morgan fingerprint density at radius 2 is 2.50 bits per heavy atom. The van der Waals surface area contributed by atoms with E-state index in [1.54, 1.807) is 4.90 Å². The summed E-state index contributed by atoms with van der Waals surface area (Å²) in [7, 11) is 0. The molecular weight excluding hydrogens is 206 g/mol. The number of hydrogen-bond donors (Lipinski definition) is 2. The Labute approximate surface area is 94.2 Å². The second-order valence-corrected chi connectivity index (χ2v) is 4.16. The van der Waals surface area contributed by atoms with Gasteiger partial charge < -0.3 is 10.6 Å². The molecule has 0 saturated carbocycles. The fourth-order valence-corrected chi connectivity index (χ4v) is 1.85. The number of hydrogen-bond acceptors (Lipinski definition) is 4. The average Bonchev–Trinajstić information content (AvgIpc) is 2.87. The molecule has 1 fully saturated rings. The van der Waals surface area contributed by atoms with Gasteiger partial charge in [-0.1, -0.05) is 6.92 Å². The van der Waals surface area contributed by atoms with Crippen LogP contribution in [0.1, 0.15) is 36.2 Å². The first kappa shape index (κ1) is 11.1. The number of H-pyrrole nitrogens is 1. The van der Waals surface area contributed by atoms with Gasteiger partial charge in [0.1, 0.15) is 5.82 Å². The van der Waals surface area contributed by atoms with E-state index in [2.05, 4.69) is 22.1 Å². The molecule has 1 saturated heterocycles. The van der Waals surface area contributed by atoms with Gasteiger partial charge in [0.25, 0.3) is 5.91 Å². The van der Waals surface area contributed by atoms with Gasteiger partial charge in [0.15, 0.2) is 0 Å². The Hall–Kier alpha value is -1.43. The third kappa shape index (κ3) is 2.21. The van der Waals surface area contributed by atoms with Gasteiger partial charge in [-0.15, -0.1) is 5.10 Å². The fraction of sp³-hybridized carbons (Fsp3) is 0.700. The summed E-state index contributed by atoms with van der Waals surface area (Å²) in [4.78, 5) is 17.8. The van der Waals surface area contributed by atoms with Crippen LogP contribution in [0.4, 0.5) is 0 Å². The van der Waals surface area contributed by atoms with Crippen molar-refractivity contribution in [2.75, 3.05) is 13.1 Å². The number of nitrogens with two attached hydrogens (primary N) is 1. The number of aryl methyl sites for hydroxylation is 1. The van der Waals surface area contributed by atoms with E-state index in [9.17, 15) is 4.79 Å². The highest BCUT2D eigenvalue weighted by molar-refractivity contribution is 5.90. The van der Waals surface area contributed by atoms with Crippen LogP contribution >= 0.6 is 0 Å². The zero-order chi connectivity index (χ0) is 11.5. The monoisotopic (exact) mass is 223 g/mol. The summed E-state index contributed by atoms with van der Waals surface area (Å²) in [6, 6.07) is 0.0954. The number of rotatable bonds is 3. The quantitative estimate of drug-likeness (QED) is 0.750. The second-order valence-electron chi connectivity index (χ2n) is 4.16. The Kier molecular flexibility index (Phi) is 3.19. The van der Waals surface area contributed by atoms with E-state index in [1.165, 1.54) is 0 Å². The number of nitrogens with zero attached hydrogens (tertiary/aromatic N) is 3. The lowest BCUT2D eigenvalue weighted by Crippen LogP contribution is -2.32. The molecule has 1 aromatic heterocycles. The topological polar surface area (TPSA) is 87.9 Å². The van der Waals surface area contributed by atoms with Gasteiger partial charge in [0, 0.05) is 25.6 Å². The van der Waals surface area contributed by atoms with Gasteiger partial charge in [-0.2, -0.15) is 0 Å². The number of aromatic nitrogens is 3. The van der Waals surface area contributed by atoms with Gasteiger partial charge in [-0.25, -0.2) is 4.98 Å². The first-order chi connectivity index (χ1) is 7.70. The molecule has 1 amide bonds. The van der Waals surface area contributed by atoms with Gasteiger partial charge >= 0.3 is 0 Å². The second kappa shape index (κ2) is 4.61. The Balaban J connectivity index is 2.03. The molecule has 6 heteroatoms. The maximum absolute atomic E-state index is 11.9. The number of aromatic amines is 1. The van der Waals surface area contributed by atoms with Crippen LogP contribution in [-0.4, -0.2) is 45.1 Å². The standard InChI is InChI=1S/C10H17N5O/c1-2-3-8-12-9(14-13-8)10(16)15-5-4-7(11)6-15/h7H,2-6,11H2,1H3,(H,12,13,14)/t7-/m1/s1. The molecule has 3 N–H and O–H groups in total. The van der Waals surface area contributed by atoms with E-state index in [0.29, 0.717) is 13.1 Å². The summed E-state index contributed by atoms with van der Waals surface area (Å²) in [5.74, 6) is 0.915. The van der Waals surface area contributed by atoms with E-state index in [1.807, 2.05) is 0 Å². The van der Waals surface area contributed by atoms with Gasteiger partial charge in [0.2, 0.25) is 5.82 Å². The summed E-state index contributed by atoms with van der Waals surface area (Å²) in [6.45, 7) is 3.37. The maximum Gasteiger partial charge on any atom is 0.293 e. The van der Waals surface area contributed by atoms with Crippen LogP contribution in [0.15, 0.2) is 0 Å². The molecule has 1 aliphatic rings. The third-order valence-corrected chi connectivity index (χ3v) is 2.72. The highest BCUT2D eigenvalue weighted by atomic mass is 16.2.